The summed E-state index contributed by atoms with van der Waals surface area (Å²) in [7, 11) is 0. The number of aryl methyl sites for hydroxylation is 1. The van der Waals surface area contributed by atoms with Crippen molar-refractivity contribution in [2.24, 2.45) is 5.73 Å². The van der Waals surface area contributed by atoms with Crippen molar-refractivity contribution >= 4 is 0 Å². The minimum atomic E-state index is -0.188. The molecule has 4 heteroatoms. The van der Waals surface area contributed by atoms with Gasteiger partial charge in [0.1, 0.15) is 0 Å². The molecule has 1 aromatic rings. The molecule has 1 aliphatic carbocycles. The van der Waals surface area contributed by atoms with Crippen LogP contribution >= 0.6 is 0 Å². The van der Waals surface area contributed by atoms with Crippen molar-refractivity contribution in [2.45, 2.75) is 70.6 Å². The lowest BCUT2D eigenvalue weighted by Crippen LogP contribution is -2.43. The van der Waals surface area contributed by atoms with Gasteiger partial charge in [0.2, 0.25) is 0 Å². The van der Waals surface area contributed by atoms with E-state index >= 15 is 0 Å². The molecule has 19 heavy (non-hydrogen) atoms. The van der Waals surface area contributed by atoms with E-state index in [1.54, 1.807) is 0 Å². The first-order valence-electron chi connectivity index (χ1n) is 7.63. The molecule has 0 amide bonds. The topological polar surface area (TPSA) is 53.1 Å². The Hall–Kier alpha value is -0.870. The van der Waals surface area contributed by atoms with Crippen LogP contribution in [0.15, 0.2) is 12.4 Å². The molecule has 0 saturated heterocycles. The minimum Gasteiger partial charge on any atom is -0.373 e. The molecule has 0 radical (unpaired) electrons. The highest BCUT2D eigenvalue weighted by atomic mass is 16.5. The summed E-state index contributed by atoms with van der Waals surface area (Å²) in [6.45, 7) is 5.77. The monoisotopic (exact) mass is 265 g/mol. The highest BCUT2D eigenvalue weighted by Gasteiger charge is 2.39. The molecule has 0 aromatic carbocycles. The third-order valence-electron chi connectivity index (χ3n) is 4.28. The molecule has 1 fully saturated rings. The summed E-state index contributed by atoms with van der Waals surface area (Å²) in [6, 6.07) is -0.0640. The molecule has 1 unspecified atom stereocenters. The first-order valence-corrected chi connectivity index (χ1v) is 7.63. The molecular weight excluding hydrogens is 238 g/mol. The Bertz CT molecular complexity index is 380. The fourth-order valence-corrected chi connectivity index (χ4v) is 3.18. The molecule has 108 valence electrons. The first-order chi connectivity index (χ1) is 9.22. The molecule has 4 nitrogen and oxygen atoms in total. The fourth-order valence-electron chi connectivity index (χ4n) is 3.18. The van der Waals surface area contributed by atoms with Crippen LogP contribution in [0.5, 0.6) is 0 Å². The second-order valence-corrected chi connectivity index (χ2v) is 5.52. The fraction of sp³-hybridized carbons (Fsp3) is 0.800. The summed E-state index contributed by atoms with van der Waals surface area (Å²) in [5, 5.41) is 4.35. The van der Waals surface area contributed by atoms with Crippen LogP contribution in [-0.4, -0.2) is 22.0 Å². The number of ether oxygens (including phenoxy) is 1. The molecule has 1 aliphatic rings. The number of nitrogens with zero attached hydrogens (tertiary/aromatic N) is 2. The van der Waals surface area contributed by atoms with Crippen molar-refractivity contribution in [3.63, 3.8) is 0 Å². The van der Waals surface area contributed by atoms with E-state index in [1.165, 1.54) is 25.7 Å². The zero-order valence-electron chi connectivity index (χ0n) is 12.3. The Balaban J connectivity index is 2.21. The van der Waals surface area contributed by atoms with Gasteiger partial charge in [0.05, 0.1) is 17.8 Å². The maximum absolute atomic E-state index is 6.55. The molecule has 1 saturated carbocycles. The van der Waals surface area contributed by atoms with Gasteiger partial charge in [-0.2, -0.15) is 5.10 Å². The van der Waals surface area contributed by atoms with Gasteiger partial charge in [-0.1, -0.05) is 25.7 Å². The molecule has 0 bridgehead atoms. The van der Waals surface area contributed by atoms with E-state index in [9.17, 15) is 0 Å². The summed E-state index contributed by atoms with van der Waals surface area (Å²) in [4.78, 5) is 0. The van der Waals surface area contributed by atoms with Crippen LogP contribution in [0.1, 0.15) is 64.0 Å². The molecule has 0 spiro atoms. The Morgan fingerprint density at radius 3 is 2.53 bits per heavy atom. The summed E-state index contributed by atoms with van der Waals surface area (Å²) in [5.74, 6) is 0. The van der Waals surface area contributed by atoms with Crippen molar-refractivity contribution in [1.82, 2.24) is 9.78 Å². The number of hydrogen-bond donors (Lipinski definition) is 1. The summed E-state index contributed by atoms with van der Waals surface area (Å²) in [6.07, 6.45) is 11.1. The number of rotatable bonds is 5. The van der Waals surface area contributed by atoms with E-state index in [2.05, 4.69) is 25.1 Å². The second kappa shape index (κ2) is 6.53. The van der Waals surface area contributed by atoms with Crippen molar-refractivity contribution < 1.29 is 4.74 Å². The highest BCUT2D eigenvalue weighted by molar-refractivity contribution is 5.16. The van der Waals surface area contributed by atoms with Crippen LogP contribution in [0.2, 0.25) is 0 Å². The van der Waals surface area contributed by atoms with Gasteiger partial charge < -0.3 is 10.5 Å². The third-order valence-corrected chi connectivity index (χ3v) is 4.28. The molecule has 0 aliphatic heterocycles. The lowest BCUT2D eigenvalue weighted by molar-refractivity contribution is -0.0696. The van der Waals surface area contributed by atoms with Crippen LogP contribution in [-0.2, 0) is 11.3 Å². The molecule has 1 heterocycles. The molecule has 2 rings (SSSR count). The zero-order chi connectivity index (χ0) is 13.7. The van der Waals surface area contributed by atoms with Gasteiger partial charge in [0.15, 0.2) is 0 Å². The largest absolute Gasteiger partial charge is 0.373 e. The molecular formula is C15H27N3O. The van der Waals surface area contributed by atoms with Gasteiger partial charge in [0, 0.05) is 24.9 Å². The number of nitrogens with two attached hydrogens (primary N) is 1. The lowest BCUT2D eigenvalue weighted by Gasteiger charge is -2.37. The highest BCUT2D eigenvalue weighted by Crippen LogP contribution is 2.39. The maximum atomic E-state index is 6.55. The molecule has 1 aromatic heterocycles. The summed E-state index contributed by atoms with van der Waals surface area (Å²) in [5.41, 5.74) is 7.47. The standard InChI is InChI=1S/C15H27N3O/c1-3-18-12-13(11-17-18)14(16)15(19-4-2)9-7-5-6-8-10-15/h11-12,14H,3-10,16H2,1-2H3. The molecule has 1 atom stereocenters. The predicted octanol–water partition coefficient (Wildman–Crippen LogP) is 3.03. The average molecular weight is 265 g/mol. The van der Waals surface area contributed by atoms with Crippen LogP contribution in [0.25, 0.3) is 0 Å². The van der Waals surface area contributed by atoms with Crippen LogP contribution in [0.3, 0.4) is 0 Å². The SMILES string of the molecule is CCOC1(C(N)c2cnn(CC)c2)CCCCCC1. The average Bonchev–Trinajstić information content (AvgIpc) is 2.78. The third kappa shape index (κ3) is 3.18. The van der Waals surface area contributed by atoms with E-state index in [-0.39, 0.29) is 11.6 Å². The second-order valence-electron chi connectivity index (χ2n) is 5.52. The quantitative estimate of drug-likeness (QED) is 0.833. The van der Waals surface area contributed by atoms with Crippen LogP contribution < -0.4 is 5.73 Å². The lowest BCUT2D eigenvalue weighted by atomic mass is 9.83. The smallest absolute Gasteiger partial charge is 0.0875 e. The molecule has 2 N–H and O–H groups in total. The van der Waals surface area contributed by atoms with E-state index in [0.29, 0.717) is 0 Å². The van der Waals surface area contributed by atoms with Crippen molar-refractivity contribution in [1.29, 1.82) is 0 Å². The van der Waals surface area contributed by atoms with E-state index in [4.69, 9.17) is 10.5 Å². The van der Waals surface area contributed by atoms with Gasteiger partial charge >= 0.3 is 0 Å². The predicted molar refractivity (Wildman–Crippen MR) is 76.9 cm³/mol. The van der Waals surface area contributed by atoms with E-state index in [0.717, 1.165) is 31.6 Å². The van der Waals surface area contributed by atoms with Crippen LogP contribution in [0.4, 0.5) is 0 Å². The summed E-state index contributed by atoms with van der Waals surface area (Å²) >= 11 is 0. The first kappa shape index (κ1) is 14.5. The Kier molecular flexibility index (Phi) is 4.99. The van der Waals surface area contributed by atoms with Gasteiger partial charge in [0.25, 0.3) is 0 Å². The summed E-state index contributed by atoms with van der Waals surface area (Å²) < 4.78 is 8.08. The Morgan fingerprint density at radius 1 is 1.32 bits per heavy atom. The number of aromatic nitrogens is 2. The van der Waals surface area contributed by atoms with Crippen molar-refractivity contribution in [3.8, 4) is 0 Å². The Labute approximate surface area is 116 Å². The van der Waals surface area contributed by atoms with Crippen molar-refractivity contribution in [3.05, 3.63) is 18.0 Å². The van der Waals surface area contributed by atoms with Gasteiger partial charge in [-0.15, -0.1) is 0 Å². The van der Waals surface area contributed by atoms with Crippen molar-refractivity contribution in [2.75, 3.05) is 6.61 Å². The zero-order valence-corrected chi connectivity index (χ0v) is 12.3. The van der Waals surface area contributed by atoms with E-state index < -0.39 is 0 Å². The normalized spacial score (nSPS) is 21.0. The van der Waals surface area contributed by atoms with E-state index in [1.807, 2.05) is 10.9 Å². The Morgan fingerprint density at radius 2 is 2.00 bits per heavy atom. The van der Waals surface area contributed by atoms with Gasteiger partial charge in [-0.3, -0.25) is 4.68 Å². The van der Waals surface area contributed by atoms with Gasteiger partial charge in [-0.25, -0.2) is 0 Å². The maximum Gasteiger partial charge on any atom is 0.0875 e. The number of hydrogen-bond acceptors (Lipinski definition) is 3. The minimum absolute atomic E-state index is 0.0640. The van der Waals surface area contributed by atoms with Gasteiger partial charge in [-0.05, 0) is 26.7 Å². The van der Waals surface area contributed by atoms with Crippen LogP contribution in [0, 0.1) is 0 Å².